The fraction of sp³-hybridized carbons (Fsp3) is 0.800. The summed E-state index contributed by atoms with van der Waals surface area (Å²) in [5.74, 6) is 1.02. The van der Waals surface area contributed by atoms with Gasteiger partial charge in [-0.15, -0.1) is 12.4 Å². The van der Waals surface area contributed by atoms with Crippen LogP contribution in [0.2, 0.25) is 0 Å². The molecule has 1 fully saturated rings. The highest BCUT2D eigenvalue weighted by atomic mass is 35.5. The summed E-state index contributed by atoms with van der Waals surface area (Å²) in [5.41, 5.74) is 5.41. The Morgan fingerprint density at radius 1 is 1.59 bits per heavy atom. The lowest BCUT2D eigenvalue weighted by atomic mass is 10.0. The van der Waals surface area contributed by atoms with E-state index in [1.807, 2.05) is 6.92 Å². The van der Waals surface area contributed by atoms with Crippen LogP contribution < -0.4 is 11.4 Å². The third-order valence-corrected chi connectivity index (χ3v) is 3.43. The third kappa shape index (κ3) is 2.53. The van der Waals surface area contributed by atoms with Gasteiger partial charge in [0.25, 0.3) is 0 Å². The third-order valence-electron chi connectivity index (χ3n) is 3.43. The molecule has 0 unspecified atom stereocenters. The highest BCUT2D eigenvalue weighted by molar-refractivity contribution is 5.85. The van der Waals surface area contributed by atoms with E-state index in [0.717, 1.165) is 12.2 Å². The average Bonchev–Trinajstić information content (AvgIpc) is 2.81. The van der Waals surface area contributed by atoms with Crippen molar-refractivity contribution in [1.29, 1.82) is 0 Å². The van der Waals surface area contributed by atoms with Crippen LogP contribution in [0.15, 0.2) is 4.79 Å². The average molecular weight is 263 g/mol. The molecule has 0 aromatic carbocycles. The van der Waals surface area contributed by atoms with Crippen LogP contribution in [-0.2, 0) is 6.54 Å². The summed E-state index contributed by atoms with van der Waals surface area (Å²) in [6, 6.07) is 0. The number of hydrogen-bond acceptors (Lipinski definition) is 4. The van der Waals surface area contributed by atoms with Gasteiger partial charge in [0.1, 0.15) is 5.82 Å². The zero-order valence-electron chi connectivity index (χ0n) is 9.80. The van der Waals surface area contributed by atoms with Gasteiger partial charge in [-0.25, -0.2) is 9.89 Å². The summed E-state index contributed by atoms with van der Waals surface area (Å²) in [7, 11) is 0. The van der Waals surface area contributed by atoms with E-state index in [0.29, 0.717) is 19.5 Å². The Labute approximate surface area is 106 Å². The Kier molecular flexibility index (Phi) is 4.73. The van der Waals surface area contributed by atoms with Crippen molar-refractivity contribution >= 4 is 12.4 Å². The molecule has 6 nitrogen and oxygen atoms in total. The Morgan fingerprint density at radius 2 is 2.29 bits per heavy atom. The molecule has 0 amide bonds. The van der Waals surface area contributed by atoms with E-state index < -0.39 is 0 Å². The van der Waals surface area contributed by atoms with Gasteiger partial charge in [0.05, 0.1) is 6.10 Å². The largest absolute Gasteiger partial charge is 0.393 e. The van der Waals surface area contributed by atoms with Crippen LogP contribution in [0.4, 0.5) is 0 Å². The van der Waals surface area contributed by atoms with Gasteiger partial charge in [0.15, 0.2) is 0 Å². The molecule has 0 radical (unpaired) electrons. The van der Waals surface area contributed by atoms with E-state index in [1.165, 1.54) is 0 Å². The number of nitrogens with one attached hydrogen (secondary N) is 1. The van der Waals surface area contributed by atoms with Gasteiger partial charge >= 0.3 is 5.69 Å². The van der Waals surface area contributed by atoms with Gasteiger partial charge in [-0.2, -0.15) is 5.10 Å². The number of aliphatic hydroxyl groups excluding tert-OH is 1. The number of halogens is 1. The van der Waals surface area contributed by atoms with Crippen molar-refractivity contribution in [2.45, 2.75) is 38.3 Å². The van der Waals surface area contributed by atoms with E-state index in [1.54, 1.807) is 4.57 Å². The second kappa shape index (κ2) is 5.66. The molecule has 0 spiro atoms. The summed E-state index contributed by atoms with van der Waals surface area (Å²) in [5, 5.41) is 16.3. The van der Waals surface area contributed by atoms with Crippen LogP contribution >= 0.6 is 12.4 Å². The number of nitrogens with zero attached hydrogens (tertiary/aromatic N) is 2. The second-order valence-corrected chi connectivity index (χ2v) is 4.36. The fourth-order valence-electron chi connectivity index (χ4n) is 2.51. The molecule has 0 saturated heterocycles. The minimum atomic E-state index is -0.368. The molecule has 0 aliphatic heterocycles. The molecule has 98 valence electrons. The van der Waals surface area contributed by atoms with Crippen molar-refractivity contribution in [3.8, 4) is 0 Å². The molecule has 4 N–H and O–H groups in total. The maximum atomic E-state index is 11.4. The lowest BCUT2D eigenvalue weighted by Gasteiger charge is -2.09. The molecular formula is C10H19ClN4O2. The maximum Gasteiger partial charge on any atom is 0.343 e. The van der Waals surface area contributed by atoms with Gasteiger partial charge < -0.3 is 10.8 Å². The number of H-pyrrole nitrogens is 1. The second-order valence-electron chi connectivity index (χ2n) is 4.36. The normalized spacial score (nSPS) is 28.1. The molecule has 7 heteroatoms. The van der Waals surface area contributed by atoms with E-state index in [-0.39, 0.29) is 36.0 Å². The Balaban J connectivity index is 0.00000144. The predicted octanol–water partition coefficient (Wildman–Crippen LogP) is -0.174. The Hall–Kier alpha value is -0.850. The fourth-order valence-corrected chi connectivity index (χ4v) is 2.51. The Morgan fingerprint density at radius 3 is 2.82 bits per heavy atom. The molecule has 1 aromatic heterocycles. The molecular weight excluding hydrogens is 244 g/mol. The highest BCUT2D eigenvalue weighted by Gasteiger charge is 2.35. The molecule has 1 aromatic rings. The monoisotopic (exact) mass is 262 g/mol. The summed E-state index contributed by atoms with van der Waals surface area (Å²) in [4.78, 5) is 11.4. The van der Waals surface area contributed by atoms with Crippen LogP contribution in [-0.4, -0.2) is 32.5 Å². The molecule has 1 heterocycles. The van der Waals surface area contributed by atoms with E-state index >= 15 is 0 Å². The minimum absolute atomic E-state index is 0. The first-order chi connectivity index (χ1) is 7.67. The first-order valence-electron chi connectivity index (χ1n) is 5.70. The maximum absolute atomic E-state index is 11.4. The first kappa shape index (κ1) is 14.2. The quantitative estimate of drug-likeness (QED) is 0.704. The summed E-state index contributed by atoms with van der Waals surface area (Å²) < 4.78 is 1.62. The van der Waals surface area contributed by atoms with Crippen LogP contribution in [0, 0.1) is 5.92 Å². The van der Waals surface area contributed by atoms with E-state index in [9.17, 15) is 9.90 Å². The van der Waals surface area contributed by atoms with E-state index in [2.05, 4.69) is 10.2 Å². The molecule has 3 atom stereocenters. The molecule has 2 rings (SSSR count). The topological polar surface area (TPSA) is 96.9 Å². The van der Waals surface area contributed by atoms with Crippen molar-refractivity contribution in [1.82, 2.24) is 14.8 Å². The van der Waals surface area contributed by atoms with Crippen molar-refractivity contribution in [2.24, 2.45) is 11.7 Å². The van der Waals surface area contributed by atoms with Gasteiger partial charge in [-0.05, 0) is 32.2 Å². The molecule has 17 heavy (non-hydrogen) atoms. The summed E-state index contributed by atoms with van der Waals surface area (Å²) in [6.45, 7) is 3.00. The predicted molar refractivity (Wildman–Crippen MR) is 66.3 cm³/mol. The number of aromatic nitrogens is 3. The molecule has 0 bridgehead atoms. The zero-order valence-corrected chi connectivity index (χ0v) is 10.6. The van der Waals surface area contributed by atoms with E-state index in [4.69, 9.17) is 5.73 Å². The van der Waals surface area contributed by atoms with Gasteiger partial charge in [0, 0.05) is 12.5 Å². The first-order valence-corrected chi connectivity index (χ1v) is 5.70. The van der Waals surface area contributed by atoms with Crippen molar-refractivity contribution in [2.75, 3.05) is 6.54 Å². The number of nitrogens with two attached hydrogens (primary N) is 1. The number of rotatable bonds is 3. The lowest BCUT2D eigenvalue weighted by molar-refractivity contribution is 0.136. The van der Waals surface area contributed by atoms with Gasteiger partial charge in [0.2, 0.25) is 0 Å². The molecule has 1 saturated carbocycles. The van der Waals surface area contributed by atoms with Crippen LogP contribution in [0.25, 0.3) is 0 Å². The highest BCUT2D eigenvalue weighted by Crippen LogP contribution is 2.36. The summed E-state index contributed by atoms with van der Waals surface area (Å²) in [6.07, 6.45) is 1.08. The van der Waals surface area contributed by atoms with Crippen LogP contribution in [0.3, 0.4) is 0 Å². The van der Waals surface area contributed by atoms with Crippen molar-refractivity contribution < 1.29 is 5.11 Å². The van der Waals surface area contributed by atoms with Crippen LogP contribution in [0.5, 0.6) is 0 Å². The zero-order chi connectivity index (χ0) is 11.7. The SMILES string of the molecule is CCn1c([C@H]2C[C@H](CN)[C@H](O)C2)n[nH]c1=O.Cl. The molecule has 1 aliphatic carbocycles. The smallest absolute Gasteiger partial charge is 0.343 e. The lowest BCUT2D eigenvalue weighted by Crippen LogP contribution is -2.21. The standard InChI is InChI=1S/C10H18N4O2.ClH/c1-2-14-9(12-13-10(14)16)6-3-7(5-11)8(15)4-6;/h6-8,15H,2-5,11H2,1H3,(H,13,16);1H/t6-,7+,8+;/m0./s1. The van der Waals surface area contributed by atoms with Crippen molar-refractivity contribution in [3.63, 3.8) is 0 Å². The molecule has 1 aliphatic rings. The minimum Gasteiger partial charge on any atom is -0.393 e. The van der Waals surface area contributed by atoms with Gasteiger partial charge in [-0.3, -0.25) is 4.57 Å². The number of aromatic amines is 1. The Bertz CT molecular complexity index is 417. The number of aliphatic hydroxyl groups is 1. The van der Waals surface area contributed by atoms with Crippen molar-refractivity contribution in [3.05, 3.63) is 16.3 Å². The number of hydrogen-bond donors (Lipinski definition) is 3. The van der Waals surface area contributed by atoms with Gasteiger partial charge in [-0.1, -0.05) is 0 Å². The van der Waals surface area contributed by atoms with Crippen LogP contribution in [0.1, 0.15) is 31.5 Å². The summed E-state index contributed by atoms with van der Waals surface area (Å²) >= 11 is 0.